The van der Waals surface area contributed by atoms with Crippen LogP contribution in [0, 0.1) is 11.2 Å². The molecule has 42 heavy (non-hydrogen) atoms. The molecular formula is C30H40BrF2N5O4. The van der Waals surface area contributed by atoms with E-state index in [1.165, 1.54) is 0 Å². The number of carbonyl (C=O) groups is 1. The number of carbonyl (C=O) groups excluding carboxylic acids is 1. The van der Waals surface area contributed by atoms with Crippen molar-refractivity contribution in [3.63, 3.8) is 0 Å². The van der Waals surface area contributed by atoms with Crippen LogP contribution < -0.4 is 9.64 Å². The second-order valence-electron chi connectivity index (χ2n) is 13.5. The molecule has 4 fully saturated rings. The zero-order valence-corrected chi connectivity index (χ0v) is 26.1. The molecule has 1 saturated carbocycles. The number of fused-ring (bicyclic) bond motifs is 3. The van der Waals surface area contributed by atoms with Gasteiger partial charge in [-0.05, 0) is 80.4 Å². The number of aliphatic hydroxyl groups is 1. The number of halogens is 3. The van der Waals surface area contributed by atoms with Crippen molar-refractivity contribution in [3.8, 4) is 6.01 Å². The number of ether oxygens (including phenoxy) is 2. The van der Waals surface area contributed by atoms with Crippen LogP contribution in [0.15, 0.2) is 10.5 Å². The van der Waals surface area contributed by atoms with Crippen LogP contribution in [-0.2, 0) is 11.3 Å². The van der Waals surface area contributed by atoms with E-state index in [4.69, 9.17) is 14.5 Å². The number of hydrogen-bond donors (Lipinski definition) is 1. The number of aliphatic hydroxyl groups excluding tert-OH is 1. The summed E-state index contributed by atoms with van der Waals surface area (Å²) in [6, 6.07) is 1.68. The van der Waals surface area contributed by atoms with Gasteiger partial charge in [-0.2, -0.15) is 9.97 Å². The van der Waals surface area contributed by atoms with Gasteiger partial charge in [0, 0.05) is 43.5 Å². The van der Waals surface area contributed by atoms with Crippen LogP contribution in [0.4, 0.5) is 19.4 Å². The van der Waals surface area contributed by atoms with E-state index in [2.05, 4.69) is 30.7 Å². The number of benzene rings is 1. The first-order valence-corrected chi connectivity index (χ1v) is 15.8. The average Bonchev–Trinajstić information content (AvgIpc) is 3.44. The first kappa shape index (κ1) is 29.7. The Labute approximate surface area is 253 Å². The SMILES string of the molecule is CC(C)(C)OC(=O)N1C2CCC1CN(c1nc(OCC3(CN4CC[C@@H](F)C4)CCC3)nc3c(F)c(Br)c(CO)cc13)C2. The number of hydrogen-bond acceptors (Lipinski definition) is 8. The maximum atomic E-state index is 15.7. The van der Waals surface area contributed by atoms with E-state index in [0.29, 0.717) is 49.4 Å². The van der Waals surface area contributed by atoms with Gasteiger partial charge >= 0.3 is 12.1 Å². The van der Waals surface area contributed by atoms with Gasteiger partial charge in [-0.3, -0.25) is 9.80 Å². The molecule has 4 heterocycles. The average molecular weight is 653 g/mol. The molecule has 1 aromatic carbocycles. The molecule has 12 heteroatoms. The van der Waals surface area contributed by atoms with Gasteiger partial charge in [-0.1, -0.05) is 6.42 Å². The number of anilines is 1. The molecule has 2 unspecified atom stereocenters. The number of rotatable bonds is 7. The minimum atomic E-state index is -0.772. The van der Waals surface area contributed by atoms with E-state index >= 15 is 4.39 Å². The monoisotopic (exact) mass is 651 g/mol. The molecule has 1 aliphatic carbocycles. The van der Waals surface area contributed by atoms with E-state index in [9.17, 15) is 14.3 Å². The lowest BCUT2D eigenvalue weighted by molar-refractivity contribution is 0.0122. The predicted molar refractivity (Wildman–Crippen MR) is 158 cm³/mol. The van der Waals surface area contributed by atoms with Crippen LogP contribution in [-0.4, -0.2) is 94.2 Å². The van der Waals surface area contributed by atoms with Gasteiger partial charge in [-0.15, -0.1) is 0 Å². The van der Waals surface area contributed by atoms with Gasteiger partial charge in [0.2, 0.25) is 0 Å². The molecule has 0 spiro atoms. The van der Waals surface area contributed by atoms with Crippen molar-refractivity contribution in [2.75, 3.05) is 44.2 Å². The summed E-state index contributed by atoms with van der Waals surface area (Å²) in [6.45, 7) is 8.62. The highest BCUT2D eigenvalue weighted by Gasteiger charge is 2.45. The Bertz CT molecular complexity index is 1340. The first-order chi connectivity index (χ1) is 19.9. The number of piperazine rings is 1. The second kappa shape index (κ2) is 11.3. The van der Waals surface area contributed by atoms with E-state index in [1.54, 1.807) is 6.07 Å². The summed E-state index contributed by atoms with van der Waals surface area (Å²) >= 11 is 3.28. The Hall–Kier alpha value is -2.31. The Morgan fingerprint density at radius 3 is 2.45 bits per heavy atom. The lowest BCUT2D eigenvalue weighted by Crippen LogP contribution is -2.57. The molecule has 4 aliphatic rings. The van der Waals surface area contributed by atoms with Gasteiger partial charge in [0.05, 0.1) is 29.8 Å². The molecule has 9 nitrogen and oxygen atoms in total. The number of aromatic nitrogens is 2. The van der Waals surface area contributed by atoms with Crippen LogP contribution in [0.25, 0.3) is 10.9 Å². The molecule has 6 rings (SSSR count). The number of nitrogens with zero attached hydrogens (tertiary/aromatic N) is 5. The molecule has 0 radical (unpaired) electrons. The molecule has 230 valence electrons. The molecule has 3 saturated heterocycles. The fourth-order valence-corrected chi connectivity index (χ4v) is 7.40. The standard InChI is InChI=1S/C30H40BrF2N5O4/c1-29(2,3)42-28(40)38-20-5-6-21(38)14-37(13-20)26-22-11-18(15-39)23(31)24(33)25(22)34-27(35-26)41-17-30(8-4-9-30)16-36-10-7-19(32)12-36/h11,19-21,39H,4-10,12-17H2,1-3H3/t19-,20?,21?/m1/s1. The van der Waals surface area contributed by atoms with E-state index in [0.717, 1.165) is 45.2 Å². The van der Waals surface area contributed by atoms with Crippen molar-refractivity contribution in [1.82, 2.24) is 19.8 Å². The van der Waals surface area contributed by atoms with Gasteiger partial charge in [0.25, 0.3) is 0 Å². The molecule has 2 aromatic rings. The summed E-state index contributed by atoms with van der Waals surface area (Å²) in [6.07, 6.45) is 4.23. The maximum Gasteiger partial charge on any atom is 0.410 e. The Morgan fingerprint density at radius 1 is 1.17 bits per heavy atom. The summed E-state index contributed by atoms with van der Waals surface area (Å²) in [5, 5.41) is 10.4. The zero-order valence-electron chi connectivity index (χ0n) is 24.5. The number of likely N-dealkylation sites (tertiary alicyclic amines) is 1. The van der Waals surface area contributed by atoms with Crippen LogP contribution in [0.1, 0.15) is 64.9 Å². The lowest BCUT2D eigenvalue weighted by atomic mass is 9.69. The summed E-state index contributed by atoms with van der Waals surface area (Å²) in [4.78, 5) is 28.5. The summed E-state index contributed by atoms with van der Waals surface area (Å²) < 4.78 is 41.6. The van der Waals surface area contributed by atoms with Crippen molar-refractivity contribution >= 4 is 38.7 Å². The third-order valence-corrected chi connectivity index (χ3v) is 10.0. The van der Waals surface area contributed by atoms with E-state index in [1.807, 2.05) is 25.7 Å². The fraction of sp³-hybridized carbons (Fsp3) is 0.700. The zero-order chi connectivity index (χ0) is 29.8. The third kappa shape index (κ3) is 5.78. The molecule has 1 aromatic heterocycles. The van der Waals surface area contributed by atoms with Crippen molar-refractivity contribution in [3.05, 3.63) is 21.9 Å². The van der Waals surface area contributed by atoms with Gasteiger partial charge < -0.3 is 19.5 Å². The molecule has 1 N–H and O–H groups in total. The topological polar surface area (TPSA) is 91.3 Å². The normalized spacial score (nSPS) is 25.6. The Kier molecular flexibility index (Phi) is 8.02. The molecule has 3 aliphatic heterocycles. The smallest absolute Gasteiger partial charge is 0.410 e. The van der Waals surface area contributed by atoms with E-state index < -0.39 is 17.6 Å². The predicted octanol–water partition coefficient (Wildman–Crippen LogP) is 5.20. The van der Waals surface area contributed by atoms with Crippen LogP contribution in [0.5, 0.6) is 6.01 Å². The van der Waals surface area contributed by atoms with E-state index in [-0.39, 0.29) is 46.2 Å². The molecule has 3 atom stereocenters. The molecular weight excluding hydrogens is 612 g/mol. The quantitative estimate of drug-likeness (QED) is 0.437. The van der Waals surface area contributed by atoms with Crippen molar-refractivity contribution in [2.45, 2.75) is 89.8 Å². The van der Waals surface area contributed by atoms with Crippen molar-refractivity contribution in [2.24, 2.45) is 5.41 Å². The summed E-state index contributed by atoms with van der Waals surface area (Å²) in [5.74, 6) is -0.0517. The third-order valence-electron chi connectivity index (χ3n) is 9.16. The minimum Gasteiger partial charge on any atom is -0.463 e. The second-order valence-corrected chi connectivity index (χ2v) is 14.3. The highest BCUT2D eigenvalue weighted by atomic mass is 79.9. The van der Waals surface area contributed by atoms with Crippen molar-refractivity contribution < 1.29 is 28.2 Å². The van der Waals surface area contributed by atoms with Crippen LogP contribution >= 0.6 is 15.9 Å². The Balaban J connectivity index is 1.29. The number of alkyl halides is 1. The minimum absolute atomic E-state index is 0.0661. The number of amides is 1. The lowest BCUT2D eigenvalue weighted by Gasteiger charge is -2.43. The van der Waals surface area contributed by atoms with Crippen LogP contribution in [0.3, 0.4) is 0 Å². The molecule has 1 amide bonds. The largest absolute Gasteiger partial charge is 0.463 e. The van der Waals surface area contributed by atoms with Gasteiger partial charge in [0.1, 0.15) is 23.1 Å². The van der Waals surface area contributed by atoms with Crippen molar-refractivity contribution in [1.29, 1.82) is 0 Å². The Morgan fingerprint density at radius 2 is 1.88 bits per heavy atom. The molecule has 2 bridgehead atoms. The highest BCUT2D eigenvalue weighted by Crippen LogP contribution is 2.43. The summed E-state index contributed by atoms with van der Waals surface area (Å²) in [7, 11) is 0. The van der Waals surface area contributed by atoms with Gasteiger partial charge in [-0.25, -0.2) is 13.6 Å². The summed E-state index contributed by atoms with van der Waals surface area (Å²) in [5.41, 5.74) is -0.169. The first-order valence-electron chi connectivity index (χ1n) is 15.0. The van der Waals surface area contributed by atoms with Crippen LogP contribution in [0.2, 0.25) is 0 Å². The highest BCUT2D eigenvalue weighted by molar-refractivity contribution is 9.10. The fourth-order valence-electron chi connectivity index (χ4n) is 6.98. The maximum absolute atomic E-state index is 15.7. The van der Waals surface area contributed by atoms with Gasteiger partial charge in [0.15, 0.2) is 5.82 Å².